The molecule has 0 atom stereocenters. The molecule has 0 saturated heterocycles. The molecule has 0 bridgehead atoms. The molecule has 28 heavy (non-hydrogen) atoms. The lowest BCUT2D eigenvalue weighted by Gasteiger charge is -2.19. The van der Waals surface area contributed by atoms with Crippen LogP contribution in [0.4, 0.5) is 0 Å². The van der Waals surface area contributed by atoms with Gasteiger partial charge in [-0.25, -0.2) is 4.58 Å². The Labute approximate surface area is 170 Å². The van der Waals surface area contributed by atoms with Crippen LogP contribution in [0.1, 0.15) is 11.1 Å². The number of rotatable bonds is 4. The van der Waals surface area contributed by atoms with Gasteiger partial charge in [-0.05, 0) is 46.6 Å². The number of methoxy groups -OCH3 is 1. The van der Waals surface area contributed by atoms with Gasteiger partial charge in [0.25, 0.3) is 0 Å². The first kappa shape index (κ1) is 20.1. The van der Waals surface area contributed by atoms with Crippen molar-refractivity contribution in [2.24, 2.45) is 0 Å². The summed E-state index contributed by atoms with van der Waals surface area (Å²) < 4.78 is 7.47. The fourth-order valence-corrected chi connectivity index (χ4v) is 4.49. The lowest BCUT2D eigenvalue weighted by Crippen LogP contribution is -2.37. The Balaban J connectivity index is 2.13. The van der Waals surface area contributed by atoms with Crippen LogP contribution in [0.3, 0.4) is 0 Å². The number of hydrogen-bond donors (Lipinski definition) is 0. The summed E-state index contributed by atoms with van der Waals surface area (Å²) in [4.78, 5) is 0. The zero-order valence-corrected chi connectivity index (χ0v) is 18.8. The molecule has 0 radical (unpaired) electrons. The Bertz CT molecular complexity index is 947. The molecule has 0 aromatic heterocycles. The van der Waals surface area contributed by atoms with E-state index in [-0.39, 0.29) is 0 Å². The molecule has 2 nitrogen and oxygen atoms in total. The Morgan fingerprint density at radius 3 is 1.68 bits per heavy atom. The van der Waals surface area contributed by atoms with E-state index in [4.69, 9.17) is 4.74 Å². The molecule has 1 aliphatic rings. The zero-order valence-electron chi connectivity index (χ0n) is 17.8. The summed E-state index contributed by atoms with van der Waals surface area (Å²) in [5.74, 6) is 0.875. The van der Waals surface area contributed by atoms with Gasteiger partial charge in [0.2, 0.25) is 0 Å². The third-order valence-corrected chi connectivity index (χ3v) is 7.16. The average Bonchev–Trinajstić information content (AvgIpc) is 2.69. The molecule has 0 aliphatic heterocycles. The number of allylic oxidation sites excluding steroid dienone is 5. The Morgan fingerprint density at radius 1 is 0.750 bits per heavy atom. The van der Waals surface area contributed by atoms with Crippen LogP contribution in [0.2, 0.25) is 19.6 Å². The summed E-state index contributed by atoms with van der Waals surface area (Å²) in [6.45, 7) is 7.15. The van der Waals surface area contributed by atoms with Gasteiger partial charge in [-0.1, -0.05) is 61.2 Å². The van der Waals surface area contributed by atoms with Crippen molar-refractivity contribution in [3.8, 4) is 5.75 Å². The quantitative estimate of drug-likeness (QED) is 0.537. The van der Waals surface area contributed by atoms with Gasteiger partial charge >= 0.3 is 0 Å². The summed E-state index contributed by atoms with van der Waals surface area (Å²) in [5, 5.41) is 1.48. The number of ether oxygens (including phenoxy) is 1. The number of nitrogens with zero attached hydrogens (tertiary/aromatic N) is 1. The van der Waals surface area contributed by atoms with Gasteiger partial charge < -0.3 is 4.74 Å². The molecule has 0 unspecified atom stereocenters. The van der Waals surface area contributed by atoms with Crippen LogP contribution in [0.5, 0.6) is 5.75 Å². The first-order valence-electron chi connectivity index (χ1n) is 9.69. The van der Waals surface area contributed by atoms with Gasteiger partial charge in [0.1, 0.15) is 19.8 Å². The molecule has 0 amide bonds. The molecule has 0 saturated carbocycles. The number of hydrogen-bond acceptors (Lipinski definition) is 1. The van der Waals surface area contributed by atoms with E-state index in [0.29, 0.717) is 0 Å². The first-order valence-corrected chi connectivity index (χ1v) is 13.2. The van der Waals surface area contributed by atoms with Crippen LogP contribution < -0.4 is 9.92 Å². The van der Waals surface area contributed by atoms with Gasteiger partial charge in [-0.3, -0.25) is 0 Å². The second kappa shape index (κ2) is 8.15. The lowest BCUT2D eigenvalue weighted by molar-refractivity contribution is -0.462. The van der Waals surface area contributed by atoms with E-state index in [1.165, 1.54) is 33.2 Å². The van der Waals surface area contributed by atoms with Crippen LogP contribution >= 0.6 is 0 Å². The molecular weight excluding hydrogens is 358 g/mol. The molecule has 3 heteroatoms. The monoisotopic (exact) mass is 388 g/mol. The number of benzene rings is 2. The van der Waals surface area contributed by atoms with Gasteiger partial charge in [0.05, 0.1) is 15.2 Å². The van der Waals surface area contributed by atoms with Crippen molar-refractivity contribution >= 4 is 24.5 Å². The van der Waals surface area contributed by atoms with Crippen molar-refractivity contribution < 1.29 is 9.31 Å². The van der Waals surface area contributed by atoms with Gasteiger partial charge in [-0.15, -0.1) is 0 Å². The Kier molecular flexibility index (Phi) is 5.85. The fourth-order valence-electron chi connectivity index (χ4n) is 3.32. The van der Waals surface area contributed by atoms with E-state index in [9.17, 15) is 0 Å². The second-order valence-electron chi connectivity index (χ2n) is 8.37. The molecule has 144 valence electrons. The maximum absolute atomic E-state index is 5.35. The third-order valence-electron chi connectivity index (χ3n) is 5.09. The molecule has 0 N–H and O–H groups in total. The Morgan fingerprint density at radius 2 is 1.25 bits per heavy atom. The van der Waals surface area contributed by atoms with Gasteiger partial charge in [-0.2, -0.15) is 0 Å². The summed E-state index contributed by atoms with van der Waals surface area (Å²) >= 11 is 0. The minimum absolute atomic E-state index is 0.875. The van der Waals surface area contributed by atoms with Crippen LogP contribution in [-0.2, 0) is 0 Å². The predicted molar refractivity (Wildman–Crippen MR) is 124 cm³/mol. The molecule has 2 aromatic rings. The van der Waals surface area contributed by atoms with Crippen LogP contribution in [0, 0.1) is 0 Å². The van der Waals surface area contributed by atoms with Crippen LogP contribution in [0.15, 0.2) is 78.4 Å². The third kappa shape index (κ3) is 4.42. The topological polar surface area (TPSA) is 12.2 Å². The van der Waals surface area contributed by atoms with Crippen molar-refractivity contribution in [3.05, 3.63) is 89.5 Å². The first-order chi connectivity index (χ1) is 13.3. The molecule has 1 aliphatic carbocycles. The highest BCUT2D eigenvalue weighted by molar-refractivity contribution is 6.88. The molecule has 2 aromatic carbocycles. The van der Waals surface area contributed by atoms with Gasteiger partial charge in [0.15, 0.2) is 5.71 Å². The smallest absolute Gasteiger partial charge is 0.199 e. The maximum atomic E-state index is 5.35. The largest absolute Gasteiger partial charge is 0.497 e. The minimum atomic E-state index is -1.31. The van der Waals surface area contributed by atoms with E-state index in [1.54, 1.807) is 7.11 Å². The second-order valence-corrected chi connectivity index (χ2v) is 13.4. The summed E-state index contributed by atoms with van der Waals surface area (Å²) in [6, 6.07) is 17.5. The van der Waals surface area contributed by atoms with E-state index in [1.807, 2.05) is 12.1 Å². The van der Waals surface area contributed by atoms with E-state index < -0.39 is 8.07 Å². The van der Waals surface area contributed by atoms with Crippen molar-refractivity contribution in [1.29, 1.82) is 0 Å². The van der Waals surface area contributed by atoms with Gasteiger partial charge in [0, 0.05) is 12.2 Å². The highest BCUT2D eigenvalue weighted by atomic mass is 28.3. The standard InChI is InChI=1S/C25H30NOSi/c1-26(2)22-13-7-19(8-14-22)25(20-9-15-23(27-3)16-10-20)21-11-17-24(18-12-21)28(4,5)6/h7-18H,1-6H3/q+1. The van der Waals surface area contributed by atoms with Crippen molar-refractivity contribution in [2.75, 3.05) is 21.2 Å². The SMILES string of the molecule is COc1ccc(C(=C2C=CC(=[N+](C)C)C=C2)c2ccc([Si](C)(C)C)cc2)cc1. The van der Waals surface area contributed by atoms with Crippen molar-refractivity contribution in [2.45, 2.75) is 19.6 Å². The van der Waals surface area contributed by atoms with E-state index in [0.717, 1.165) is 5.75 Å². The molecule has 0 spiro atoms. The molecule has 0 heterocycles. The lowest BCUT2D eigenvalue weighted by atomic mass is 9.91. The zero-order chi connectivity index (χ0) is 20.3. The van der Waals surface area contributed by atoms with Crippen molar-refractivity contribution in [1.82, 2.24) is 0 Å². The fraction of sp³-hybridized carbons (Fsp3) is 0.240. The predicted octanol–water partition coefficient (Wildman–Crippen LogP) is 4.88. The van der Waals surface area contributed by atoms with Crippen LogP contribution in [0.25, 0.3) is 5.57 Å². The summed E-state index contributed by atoms with van der Waals surface area (Å²) in [5.41, 5.74) is 6.10. The molecular formula is C25H30NOSi+. The van der Waals surface area contributed by atoms with Crippen molar-refractivity contribution in [3.63, 3.8) is 0 Å². The highest BCUT2D eigenvalue weighted by Crippen LogP contribution is 2.30. The van der Waals surface area contributed by atoms with Crippen LogP contribution in [-0.4, -0.2) is 39.6 Å². The van der Waals surface area contributed by atoms with E-state index >= 15 is 0 Å². The minimum Gasteiger partial charge on any atom is -0.497 e. The highest BCUT2D eigenvalue weighted by Gasteiger charge is 2.17. The summed E-state index contributed by atoms with van der Waals surface area (Å²) in [6.07, 6.45) is 8.77. The molecule has 0 fully saturated rings. The van der Waals surface area contributed by atoms with E-state index in [2.05, 4.69) is 99.0 Å². The average molecular weight is 389 g/mol. The Hall–Kier alpha value is -2.65. The normalized spacial score (nSPS) is 13.6. The summed E-state index contributed by atoms with van der Waals surface area (Å²) in [7, 11) is 4.53. The molecule has 3 rings (SSSR count). The maximum Gasteiger partial charge on any atom is 0.199 e.